The summed E-state index contributed by atoms with van der Waals surface area (Å²) in [6.07, 6.45) is 11.1. The molecule has 4 aliphatic rings. The van der Waals surface area contributed by atoms with Gasteiger partial charge in [0.2, 0.25) is 5.91 Å². The summed E-state index contributed by atoms with van der Waals surface area (Å²) in [4.78, 5) is 12.4. The van der Waals surface area contributed by atoms with Crippen LogP contribution in [0.4, 0.5) is 0 Å². The molecule has 4 saturated carbocycles. The normalized spacial score (nSPS) is 44.1. The van der Waals surface area contributed by atoms with Gasteiger partial charge in [0, 0.05) is 12.5 Å². The van der Waals surface area contributed by atoms with Crippen LogP contribution >= 0.6 is 0 Å². The smallest absolute Gasteiger partial charge is 0.220 e. The predicted molar refractivity (Wildman–Crippen MR) is 78.9 cm³/mol. The van der Waals surface area contributed by atoms with Gasteiger partial charge >= 0.3 is 0 Å². The Hall–Kier alpha value is -0.570. The van der Waals surface area contributed by atoms with Crippen LogP contribution in [0.15, 0.2) is 0 Å². The Bertz CT molecular complexity index is 386. The van der Waals surface area contributed by atoms with Crippen molar-refractivity contribution in [1.82, 2.24) is 5.32 Å². The van der Waals surface area contributed by atoms with E-state index in [2.05, 4.69) is 5.32 Å². The summed E-state index contributed by atoms with van der Waals surface area (Å²) in [5, 5.41) is 3.37. The van der Waals surface area contributed by atoms with E-state index in [0.717, 1.165) is 36.5 Å². The van der Waals surface area contributed by atoms with Crippen molar-refractivity contribution < 1.29 is 4.79 Å². The van der Waals surface area contributed by atoms with Crippen molar-refractivity contribution in [2.75, 3.05) is 6.54 Å². The van der Waals surface area contributed by atoms with Crippen molar-refractivity contribution in [3.63, 3.8) is 0 Å². The van der Waals surface area contributed by atoms with Crippen molar-refractivity contribution >= 4 is 5.91 Å². The van der Waals surface area contributed by atoms with E-state index in [1.165, 1.54) is 38.5 Å². The first-order valence-corrected chi connectivity index (χ1v) is 8.72. The molecule has 4 aliphatic carbocycles. The van der Waals surface area contributed by atoms with Crippen molar-refractivity contribution in [3.05, 3.63) is 0 Å². The maximum absolute atomic E-state index is 12.4. The fraction of sp³-hybridized carbons (Fsp3) is 0.941. The number of hydrogen-bond acceptors (Lipinski definition) is 2. The van der Waals surface area contributed by atoms with Gasteiger partial charge in [-0.25, -0.2) is 0 Å². The quantitative estimate of drug-likeness (QED) is 0.828. The van der Waals surface area contributed by atoms with Gasteiger partial charge in [0.15, 0.2) is 0 Å². The molecule has 0 spiro atoms. The molecule has 0 aromatic carbocycles. The first kappa shape index (κ1) is 13.1. The van der Waals surface area contributed by atoms with Gasteiger partial charge in [0.1, 0.15) is 0 Å². The molecular weight excluding hydrogens is 248 g/mol. The van der Waals surface area contributed by atoms with Crippen molar-refractivity contribution in [2.24, 2.45) is 34.8 Å². The van der Waals surface area contributed by atoms with Crippen LogP contribution in [0.2, 0.25) is 0 Å². The van der Waals surface area contributed by atoms with Gasteiger partial charge in [-0.05, 0) is 67.7 Å². The number of nitrogens with one attached hydrogen (secondary N) is 1. The highest BCUT2D eigenvalue weighted by Crippen LogP contribution is 2.65. The molecule has 3 nitrogen and oxygen atoms in total. The van der Waals surface area contributed by atoms with Crippen LogP contribution in [0.1, 0.15) is 57.8 Å². The molecule has 2 bridgehead atoms. The van der Waals surface area contributed by atoms with Gasteiger partial charge in [-0.15, -0.1) is 0 Å². The first-order chi connectivity index (χ1) is 9.72. The summed E-state index contributed by atoms with van der Waals surface area (Å²) in [6.45, 7) is 0.684. The van der Waals surface area contributed by atoms with Crippen LogP contribution in [0, 0.1) is 29.1 Å². The van der Waals surface area contributed by atoms with E-state index in [4.69, 9.17) is 5.73 Å². The molecule has 0 aromatic rings. The minimum atomic E-state index is 0.116. The molecule has 4 rings (SSSR count). The second-order valence-corrected chi connectivity index (χ2v) is 8.02. The molecule has 4 atom stereocenters. The Kier molecular flexibility index (Phi) is 3.10. The average Bonchev–Trinajstić information content (AvgIpc) is 2.86. The molecule has 0 radical (unpaired) electrons. The minimum Gasteiger partial charge on any atom is -0.353 e. The van der Waals surface area contributed by atoms with Gasteiger partial charge < -0.3 is 11.1 Å². The molecule has 0 heterocycles. The third kappa shape index (κ3) is 2.01. The van der Waals surface area contributed by atoms with E-state index in [1.54, 1.807) is 0 Å². The number of fused-ring (bicyclic) bond motifs is 5. The van der Waals surface area contributed by atoms with Crippen molar-refractivity contribution in [3.8, 4) is 0 Å². The Balaban J connectivity index is 1.33. The largest absolute Gasteiger partial charge is 0.353 e. The second-order valence-electron chi connectivity index (χ2n) is 8.02. The van der Waals surface area contributed by atoms with E-state index in [9.17, 15) is 4.79 Å². The average molecular weight is 276 g/mol. The zero-order valence-electron chi connectivity index (χ0n) is 12.4. The highest BCUT2D eigenvalue weighted by atomic mass is 16.1. The maximum Gasteiger partial charge on any atom is 0.220 e. The summed E-state index contributed by atoms with van der Waals surface area (Å²) in [6, 6.07) is 0.534. The number of carbonyl (C=O) groups excluding carboxylic acids is 1. The van der Waals surface area contributed by atoms with Crippen molar-refractivity contribution in [1.29, 1.82) is 0 Å². The van der Waals surface area contributed by atoms with Crippen LogP contribution in [0.25, 0.3) is 0 Å². The summed E-state index contributed by atoms with van der Waals surface area (Å²) in [5.41, 5.74) is 6.12. The zero-order valence-corrected chi connectivity index (χ0v) is 12.4. The third-order valence-electron chi connectivity index (χ3n) is 6.95. The molecule has 0 aromatic heterocycles. The second kappa shape index (κ2) is 4.72. The highest BCUT2D eigenvalue weighted by molar-refractivity contribution is 5.77. The fourth-order valence-corrected chi connectivity index (χ4v) is 5.85. The lowest BCUT2D eigenvalue weighted by atomic mass is 9.71. The van der Waals surface area contributed by atoms with Gasteiger partial charge in [-0.3, -0.25) is 4.79 Å². The SMILES string of the molecule is NCC1(CC(=O)NC2C3C4CCC(C4)C23)CCCCC1. The lowest BCUT2D eigenvalue weighted by Crippen LogP contribution is -2.40. The molecular formula is C17H28N2O. The van der Waals surface area contributed by atoms with E-state index in [1.807, 2.05) is 0 Å². The summed E-state index contributed by atoms with van der Waals surface area (Å²) >= 11 is 0. The Morgan fingerprint density at radius 1 is 1.10 bits per heavy atom. The van der Waals surface area contributed by atoms with Gasteiger partial charge in [0.25, 0.3) is 0 Å². The number of rotatable bonds is 4. The molecule has 3 heteroatoms. The van der Waals surface area contributed by atoms with Gasteiger partial charge in [0.05, 0.1) is 0 Å². The Labute approximate surface area is 122 Å². The highest BCUT2D eigenvalue weighted by Gasteiger charge is 2.65. The molecule has 3 N–H and O–H groups in total. The van der Waals surface area contributed by atoms with Gasteiger partial charge in [-0.1, -0.05) is 19.3 Å². The van der Waals surface area contributed by atoms with E-state index in [-0.39, 0.29) is 11.3 Å². The number of nitrogens with two attached hydrogens (primary N) is 1. The molecule has 4 fully saturated rings. The summed E-state index contributed by atoms with van der Waals surface area (Å²) < 4.78 is 0. The van der Waals surface area contributed by atoms with Crippen LogP contribution in [-0.2, 0) is 4.79 Å². The molecule has 4 unspecified atom stereocenters. The minimum absolute atomic E-state index is 0.116. The topological polar surface area (TPSA) is 55.1 Å². The molecule has 1 amide bonds. The van der Waals surface area contributed by atoms with Crippen LogP contribution in [0.3, 0.4) is 0 Å². The first-order valence-electron chi connectivity index (χ1n) is 8.72. The summed E-state index contributed by atoms with van der Waals surface area (Å²) in [7, 11) is 0. The third-order valence-corrected chi connectivity index (χ3v) is 6.95. The molecule has 112 valence electrons. The van der Waals surface area contributed by atoms with E-state index >= 15 is 0 Å². The van der Waals surface area contributed by atoms with Gasteiger partial charge in [-0.2, -0.15) is 0 Å². The molecule has 0 aliphatic heterocycles. The molecule has 0 saturated heterocycles. The van der Waals surface area contributed by atoms with Crippen LogP contribution in [0.5, 0.6) is 0 Å². The zero-order chi connectivity index (χ0) is 13.7. The standard InChI is InChI=1S/C17H28N2O/c18-10-17(6-2-1-3-7-17)9-13(20)19-16-14-11-4-5-12(8-11)15(14)16/h11-12,14-16H,1-10,18H2,(H,19,20). The lowest BCUT2D eigenvalue weighted by Gasteiger charge is -2.35. The number of carbonyl (C=O) groups is 1. The maximum atomic E-state index is 12.4. The van der Waals surface area contributed by atoms with Crippen molar-refractivity contribution in [2.45, 2.75) is 63.8 Å². The number of hydrogen-bond donors (Lipinski definition) is 2. The van der Waals surface area contributed by atoms with Crippen LogP contribution < -0.4 is 11.1 Å². The van der Waals surface area contributed by atoms with E-state index < -0.39 is 0 Å². The van der Waals surface area contributed by atoms with E-state index in [0.29, 0.717) is 19.0 Å². The fourth-order valence-electron chi connectivity index (χ4n) is 5.85. The summed E-state index contributed by atoms with van der Waals surface area (Å²) in [5.74, 6) is 3.86. The Morgan fingerprint density at radius 3 is 2.35 bits per heavy atom. The lowest BCUT2D eigenvalue weighted by molar-refractivity contribution is -0.124. The monoisotopic (exact) mass is 276 g/mol. The predicted octanol–water partition coefficient (Wildman–Crippen LogP) is 2.45. The molecule has 20 heavy (non-hydrogen) atoms. The number of amides is 1. The Morgan fingerprint density at radius 2 is 1.75 bits per heavy atom. The van der Waals surface area contributed by atoms with Crippen LogP contribution in [-0.4, -0.2) is 18.5 Å².